The van der Waals surface area contributed by atoms with E-state index in [1.54, 1.807) is 19.1 Å². The van der Waals surface area contributed by atoms with Gasteiger partial charge in [-0.05, 0) is 31.0 Å². The van der Waals surface area contributed by atoms with E-state index in [0.29, 0.717) is 29.9 Å². The smallest absolute Gasteiger partial charge is 0.184 e. The molecule has 0 atom stereocenters. The van der Waals surface area contributed by atoms with Crippen LogP contribution in [0, 0.1) is 12.7 Å². The maximum atomic E-state index is 13.9. The van der Waals surface area contributed by atoms with E-state index in [1.165, 1.54) is 10.7 Å². The summed E-state index contributed by atoms with van der Waals surface area (Å²) < 4.78 is 15.3. The highest BCUT2D eigenvalue weighted by Crippen LogP contribution is 2.19. The predicted octanol–water partition coefficient (Wildman–Crippen LogP) is 2.87. The van der Waals surface area contributed by atoms with E-state index in [-0.39, 0.29) is 11.6 Å². The number of rotatable bonds is 4. The van der Waals surface area contributed by atoms with Gasteiger partial charge in [-0.2, -0.15) is 0 Å². The van der Waals surface area contributed by atoms with Gasteiger partial charge in [0, 0.05) is 6.42 Å². The van der Waals surface area contributed by atoms with Crippen LogP contribution in [0.5, 0.6) is 0 Å². The fourth-order valence-electron chi connectivity index (χ4n) is 1.98. The van der Waals surface area contributed by atoms with E-state index in [1.807, 2.05) is 13.8 Å². The van der Waals surface area contributed by atoms with E-state index in [0.717, 1.165) is 5.56 Å². The van der Waals surface area contributed by atoms with Gasteiger partial charge in [0.25, 0.3) is 0 Å². The van der Waals surface area contributed by atoms with Crippen molar-refractivity contribution in [1.29, 1.82) is 0 Å². The van der Waals surface area contributed by atoms with Crippen LogP contribution in [0.4, 0.5) is 4.39 Å². The molecule has 0 N–H and O–H groups in total. The number of carbonyl (C=O) groups excluding carboxylic acids is 1. The van der Waals surface area contributed by atoms with E-state index < -0.39 is 0 Å². The molecule has 0 unspecified atom stereocenters. The highest BCUT2D eigenvalue weighted by Gasteiger charge is 2.19. The van der Waals surface area contributed by atoms with Crippen molar-refractivity contribution in [2.45, 2.75) is 33.6 Å². The Kier molecular flexibility index (Phi) is 3.74. The molecule has 0 fully saturated rings. The van der Waals surface area contributed by atoms with Gasteiger partial charge in [-0.15, -0.1) is 5.10 Å². The molecule has 0 saturated heterocycles. The molecule has 0 aliphatic rings. The maximum absolute atomic E-state index is 13.9. The summed E-state index contributed by atoms with van der Waals surface area (Å²) in [7, 11) is 0. The minimum absolute atomic E-state index is 0.0730. The molecule has 4 nitrogen and oxygen atoms in total. The molecule has 0 aliphatic heterocycles. The summed E-state index contributed by atoms with van der Waals surface area (Å²) in [5.41, 5.74) is 2.25. The average molecular weight is 261 g/mol. The normalized spacial score (nSPS) is 10.7. The summed E-state index contributed by atoms with van der Waals surface area (Å²) in [5, 5.41) is 7.84. The quantitative estimate of drug-likeness (QED) is 0.795. The molecule has 0 amide bonds. The number of benzene rings is 1. The lowest BCUT2D eigenvalue weighted by molar-refractivity contribution is 0.0982. The van der Waals surface area contributed by atoms with E-state index in [2.05, 4.69) is 10.3 Å². The van der Waals surface area contributed by atoms with Crippen molar-refractivity contribution in [1.82, 2.24) is 15.0 Å². The van der Waals surface area contributed by atoms with Crippen LogP contribution in [0.25, 0.3) is 5.69 Å². The molecule has 2 aromatic rings. The summed E-state index contributed by atoms with van der Waals surface area (Å²) in [6.45, 7) is 5.55. The Balaban J connectivity index is 2.60. The van der Waals surface area contributed by atoms with Crippen molar-refractivity contribution in [2.75, 3.05) is 0 Å². The maximum Gasteiger partial charge on any atom is 0.184 e. The highest BCUT2D eigenvalue weighted by molar-refractivity contribution is 5.95. The minimum atomic E-state index is -0.374. The predicted molar refractivity (Wildman–Crippen MR) is 70.1 cm³/mol. The van der Waals surface area contributed by atoms with Crippen molar-refractivity contribution in [3.63, 3.8) is 0 Å². The van der Waals surface area contributed by atoms with E-state index in [4.69, 9.17) is 0 Å². The SMILES string of the molecule is CCC(=O)c1nnn(-c2cc(C)ccc2F)c1CC. The van der Waals surface area contributed by atoms with Gasteiger partial charge in [-0.25, -0.2) is 9.07 Å². The lowest BCUT2D eigenvalue weighted by Crippen LogP contribution is -2.07. The number of halogens is 1. The summed E-state index contributed by atoms with van der Waals surface area (Å²) in [6.07, 6.45) is 0.934. The van der Waals surface area contributed by atoms with Crippen molar-refractivity contribution in [3.05, 3.63) is 41.0 Å². The third-order valence-electron chi connectivity index (χ3n) is 3.01. The van der Waals surface area contributed by atoms with Crippen molar-refractivity contribution < 1.29 is 9.18 Å². The molecule has 0 saturated carbocycles. The number of nitrogens with zero attached hydrogens (tertiary/aromatic N) is 3. The van der Waals surface area contributed by atoms with Crippen LogP contribution in [-0.2, 0) is 6.42 Å². The molecule has 0 bridgehead atoms. The molecule has 0 aliphatic carbocycles. The fourth-order valence-corrected chi connectivity index (χ4v) is 1.98. The number of Topliss-reactive ketones (excluding diaryl/α,β-unsaturated/α-hetero) is 1. The summed E-state index contributed by atoms with van der Waals surface area (Å²) in [5.74, 6) is -0.447. The van der Waals surface area contributed by atoms with Gasteiger partial charge in [0.15, 0.2) is 11.5 Å². The first kappa shape index (κ1) is 13.4. The summed E-state index contributed by atoms with van der Waals surface area (Å²) in [4.78, 5) is 11.8. The number of hydrogen-bond acceptors (Lipinski definition) is 3. The molecule has 0 radical (unpaired) electrons. The van der Waals surface area contributed by atoms with Gasteiger partial charge in [0.2, 0.25) is 0 Å². The molecule has 5 heteroatoms. The van der Waals surface area contributed by atoms with Crippen LogP contribution >= 0.6 is 0 Å². The topological polar surface area (TPSA) is 47.8 Å². The van der Waals surface area contributed by atoms with E-state index in [9.17, 15) is 9.18 Å². The van der Waals surface area contributed by atoms with Crippen molar-refractivity contribution in [3.8, 4) is 5.69 Å². The summed E-state index contributed by atoms with van der Waals surface area (Å²) in [6, 6.07) is 4.79. The van der Waals surface area contributed by atoms with Crippen LogP contribution < -0.4 is 0 Å². The monoisotopic (exact) mass is 261 g/mol. The second kappa shape index (κ2) is 5.30. The first-order valence-corrected chi connectivity index (χ1v) is 6.32. The van der Waals surface area contributed by atoms with Crippen LogP contribution in [0.1, 0.15) is 42.0 Å². The van der Waals surface area contributed by atoms with Crippen LogP contribution in [0.3, 0.4) is 0 Å². The molecule has 100 valence electrons. The lowest BCUT2D eigenvalue weighted by Gasteiger charge is -2.07. The Hall–Kier alpha value is -2.04. The zero-order chi connectivity index (χ0) is 14.0. The number of carbonyl (C=O) groups is 1. The zero-order valence-corrected chi connectivity index (χ0v) is 11.3. The molecular formula is C14H16FN3O. The molecule has 1 heterocycles. The lowest BCUT2D eigenvalue weighted by atomic mass is 10.1. The third-order valence-corrected chi connectivity index (χ3v) is 3.01. The molecule has 2 rings (SSSR count). The van der Waals surface area contributed by atoms with Gasteiger partial charge in [-0.3, -0.25) is 4.79 Å². The highest BCUT2D eigenvalue weighted by atomic mass is 19.1. The first-order valence-electron chi connectivity index (χ1n) is 6.32. The minimum Gasteiger partial charge on any atom is -0.292 e. The van der Waals surface area contributed by atoms with Crippen LogP contribution in [0.2, 0.25) is 0 Å². The first-order chi connectivity index (χ1) is 9.08. The van der Waals surface area contributed by atoms with Crippen LogP contribution in [0.15, 0.2) is 18.2 Å². The molecule has 19 heavy (non-hydrogen) atoms. The Bertz CT molecular complexity index is 619. The van der Waals surface area contributed by atoms with Gasteiger partial charge < -0.3 is 0 Å². The standard InChI is InChI=1S/C14H16FN3O/c1-4-11-14(13(19)5-2)16-17-18(11)12-8-9(3)6-7-10(12)15/h6-8H,4-5H2,1-3H3. The average Bonchev–Trinajstić information content (AvgIpc) is 2.84. The Morgan fingerprint density at radius 3 is 2.74 bits per heavy atom. The molecule has 1 aromatic carbocycles. The Labute approximate surface area is 111 Å². The molecule has 1 aromatic heterocycles. The summed E-state index contributed by atoms with van der Waals surface area (Å²) >= 11 is 0. The number of aromatic nitrogens is 3. The van der Waals surface area contributed by atoms with Crippen molar-refractivity contribution in [2.24, 2.45) is 0 Å². The van der Waals surface area contributed by atoms with E-state index >= 15 is 0 Å². The number of hydrogen-bond donors (Lipinski definition) is 0. The third kappa shape index (κ3) is 2.41. The van der Waals surface area contributed by atoms with Gasteiger partial charge in [0.05, 0.1) is 5.69 Å². The number of aryl methyl sites for hydroxylation is 1. The second-order valence-electron chi connectivity index (χ2n) is 4.38. The Morgan fingerprint density at radius 2 is 2.11 bits per heavy atom. The van der Waals surface area contributed by atoms with Crippen LogP contribution in [-0.4, -0.2) is 20.8 Å². The largest absolute Gasteiger partial charge is 0.292 e. The Morgan fingerprint density at radius 1 is 1.37 bits per heavy atom. The second-order valence-corrected chi connectivity index (χ2v) is 4.38. The molecule has 0 spiro atoms. The zero-order valence-electron chi connectivity index (χ0n) is 11.3. The van der Waals surface area contributed by atoms with Gasteiger partial charge in [-0.1, -0.05) is 25.1 Å². The fraction of sp³-hybridized carbons (Fsp3) is 0.357. The number of ketones is 1. The van der Waals surface area contributed by atoms with Crippen molar-refractivity contribution >= 4 is 5.78 Å². The van der Waals surface area contributed by atoms with Gasteiger partial charge in [0.1, 0.15) is 11.5 Å². The van der Waals surface area contributed by atoms with Gasteiger partial charge >= 0.3 is 0 Å². The molecular weight excluding hydrogens is 245 g/mol.